The molecular formula is C34H42FN7O2. The number of halogens is 1. The van der Waals surface area contributed by atoms with Crippen molar-refractivity contribution in [2.45, 2.75) is 78.0 Å². The van der Waals surface area contributed by atoms with Crippen molar-refractivity contribution in [3.63, 3.8) is 0 Å². The Labute approximate surface area is 257 Å². The van der Waals surface area contributed by atoms with Crippen molar-refractivity contribution in [2.75, 3.05) is 29.4 Å². The van der Waals surface area contributed by atoms with Crippen LogP contribution in [-0.2, 0) is 6.54 Å². The maximum absolute atomic E-state index is 14.6. The van der Waals surface area contributed by atoms with Crippen molar-refractivity contribution in [3.8, 4) is 0 Å². The number of hydrogen-bond donors (Lipinski definition) is 2. The molecule has 2 aliphatic heterocycles. The van der Waals surface area contributed by atoms with E-state index in [1.807, 2.05) is 50.9 Å². The zero-order chi connectivity index (χ0) is 31.0. The van der Waals surface area contributed by atoms with Gasteiger partial charge in [0.1, 0.15) is 11.5 Å². The highest BCUT2D eigenvalue weighted by atomic mass is 19.1. The van der Waals surface area contributed by atoms with Gasteiger partial charge in [0.25, 0.3) is 0 Å². The summed E-state index contributed by atoms with van der Waals surface area (Å²) in [7, 11) is 0. The van der Waals surface area contributed by atoms with E-state index in [1.165, 1.54) is 4.90 Å². The van der Waals surface area contributed by atoms with Gasteiger partial charge in [0, 0.05) is 74.0 Å². The summed E-state index contributed by atoms with van der Waals surface area (Å²) in [6.07, 6.45) is 5.87. The van der Waals surface area contributed by atoms with Gasteiger partial charge in [0.15, 0.2) is 11.7 Å². The number of fused-ring (bicyclic) bond motifs is 1. The van der Waals surface area contributed by atoms with E-state index >= 15 is 0 Å². The maximum Gasteiger partial charge on any atom is 0.195 e. The molecule has 2 N–H and O–H groups in total. The second-order valence-electron chi connectivity index (χ2n) is 12.6. The van der Waals surface area contributed by atoms with Crippen LogP contribution in [0.1, 0.15) is 67.7 Å². The number of anilines is 2. The summed E-state index contributed by atoms with van der Waals surface area (Å²) < 4.78 is 16.6. The first-order valence-electron chi connectivity index (χ1n) is 15.6. The van der Waals surface area contributed by atoms with E-state index in [9.17, 15) is 14.3 Å². The van der Waals surface area contributed by atoms with Gasteiger partial charge in [0.2, 0.25) is 0 Å². The van der Waals surface area contributed by atoms with Gasteiger partial charge in [-0.15, -0.1) is 0 Å². The Balaban J connectivity index is 1.31. The van der Waals surface area contributed by atoms with Gasteiger partial charge in [0.05, 0.1) is 23.4 Å². The minimum absolute atomic E-state index is 0.0177. The highest BCUT2D eigenvalue weighted by Gasteiger charge is 2.32. The topological polar surface area (TPSA) is 99.4 Å². The van der Waals surface area contributed by atoms with E-state index in [1.54, 1.807) is 12.1 Å². The summed E-state index contributed by atoms with van der Waals surface area (Å²) >= 11 is 0. The van der Waals surface area contributed by atoms with E-state index in [0.29, 0.717) is 34.9 Å². The molecule has 2 aliphatic rings. The zero-order valence-electron chi connectivity index (χ0n) is 25.9. The Morgan fingerprint density at radius 1 is 1.09 bits per heavy atom. The van der Waals surface area contributed by atoms with Crippen LogP contribution in [-0.4, -0.2) is 56.7 Å². The van der Waals surface area contributed by atoms with Crippen LogP contribution in [0.4, 0.5) is 15.9 Å². The molecule has 6 heterocycles. The summed E-state index contributed by atoms with van der Waals surface area (Å²) in [6.45, 7) is 10.5. The number of aryl methyl sites for hydroxylation is 2. The summed E-state index contributed by atoms with van der Waals surface area (Å²) in [5.41, 5.74) is 5.36. The predicted octanol–water partition coefficient (Wildman–Crippen LogP) is 5.00. The number of aliphatic hydroxyl groups excluding tert-OH is 1. The average molecular weight is 600 g/mol. The number of β-amino-alcohol motifs (C(OH)–C–C–N with tert-alkyl or cyclic N) is 1. The molecule has 0 bridgehead atoms. The number of nitrogens with zero attached hydrogens (tertiary/aromatic N) is 6. The van der Waals surface area contributed by atoms with Gasteiger partial charge in [-0.25, -0.2) is 9.37 Å². The lowest BCUT2D eigenvalue weighted by Gasteiger charge is -2.39. The van der Waals surface area contributed by atoms with Crippen LogP contribution in [0.2, 0.25) is 0 Å². The molecule has 2 saturated heterocycles. The molecule has 4 atom stereocenters. The van der Waals surface area contributed by atoms with Crippen molar-refractivity contribution in [3.05, 3.63) is 87.7 Å². The van der Waals surface area contributed by atoms with E-state index in [0.717, 1.165) is 48.6 Å². The third kappa shape index (κ3) is 6.19. The normalized spacial score (nSPS) is 21.4. The molecule has 4 aromatic heterocycles. The first-order valence-corrected chi connectivity index (χ1v) is 15.6. The fourth-order valence-electron chi connectivity index (χ4n) is 6.66. The number of aliphatic hydroxyl groups is 1. The minimum atomic E-state index is -1.30. The standard InChI is InChI=1S/C34H42FN7O2/c1-21(2)41-19-26(33(44)29-9-10-31(39-34(29)41)42-20-28(43)15-30(42)35)16-38-32(24-11-12-36-23(4)14-24)25-6-5-13-40(18-25)27-8-7-22(3)37-17-27/h7-12,14,17,19,21,25,28,30,32,38,43H,5-6,13,15-16,18,20H2,1-4H3/t25-,28+,30?,32?/m0/s1. The molecule has 0 amide bonds. The number of alkyl halides is 1. The maximum atomic E-state index is 14.6. The van der Waals surface area contributed by atoms with Gasteiger partial charge in [-0.1, -0.05) is 0 Å². The summed E-state index contributed by atoms with van der Waals surface area (Å²) in [5, 5.41) is 14.2. The first-order chi connectivity index (χ1) is 21.2. The second-order valence-corrected chi connectivity index (χ2v) is 12.6. The Morgan fingerprint density at radius 2 is 1.93 bits per heavy atom. The largest absolute Gasteiger partial charge is 0.391 e. The van der Waals surface area contributed by atoms with Gasteiger partial charge < -0.3 is 24.8 Å². The number of nitrogens with one attached hydrogen (secondary N) is 1. The second kappa shape index (κ2) is 12.6. The SMILES string of the molecule is Cc1ccc(N2CCC[C@H](C(NCc3cn(C(C)C)c4nc(N5C[C@H](O)CC5F)ccc4c3=O)c3ccnc(C)c3)C2)cn1. The quantitative estimate of drug-likeness (QED) is 0.273. The molecule has 0 radical (unpaired) electrons. The van der Waals surface area contributed by atoms with Crippen LogP contribution in [0.15, 0.2) is 59.8 Å². The molecule has 232 valence electrons. The number of hydrogen-bond acceptors (Lipinski definition) is 8. The third-order valence-electron chi connectivity index (χ3n) is 8.98. The number of aromatic nitrogens is 4. The molecule has 0 spiro atoms. The van der Waals surface area contributed by atoms with Crippen molar-refractivity contribution >= 4 is 22.5 Å². The molecule has 2 fully saturated rings. The predicted molar refractivity (Wildman–Crippen MR) is 172 cm³/mol. The molecular weight excluding hydrogens is 557 g/mol. The molecule has 0 saturated carbocycles. The number of piperidine rings is 1. The van der Waals surface area contributed by atoms with Crippen LogP contribution in [0.25, 0.3) is 11.0 Å². The average Bonchev–Trinajstić information content (AvgIpc) is 3.36. The van der Waals surface area contributed by atoms with Crippen molar-refractivity contribution in [2.24, 2.45) is 5.92 Å². The van der Waals surface area contributed by atoms with Crippen LogP contribution in [0.5, 0.6) is 0 Å². The van der Waals surface area contributed by atoms with Crippen LogP contribution in [0, 0.1) is 19.8 Å². The molecule has 0 aromatic carbocycles. The number of pyridine rings is 4. The minimum Gasteiger partial charge on any atom is -0.391 e. The molecule has 6 rings (SSSR count). The van der Waals surface area contributed by atoms with Gasteiger partial charge >= 0.3 is 0 Å². The third-order valence-corrected chi connectivity index (χ3v) is 8.98. The highest BCUT2D eigenvalue weighted by molar-refractivity contribution is 5.78. The molecule has 4 aromatic rings. The molecule has 10 heteroatoms. The number of rotatable bonds is 8. The lowest BCUT2D eigenvalue weighted by molar-refractivity contribution is 0.181. The lowest BCUT2D eigenvalue weighted by Crippen LogP contribution is -2.42. The van der Waals surface area contributed by atoms with Gasteiger partial charge in [-0.3, -0.25) is 14.8 Å². The Bertz CT molecular complexity index is 1680. The molecule has 9 nitrogen and oxygen atoms in total. The summed E-state index contributed by atoms with van der Waals surface area (Å²) in [6, 6.07) is 11.9. The van der Waals surface area contributed by atoms with E-state index in [2.05, 4.69) is 44.5 Å². The van der Waals surface area contributed by atoms with E-state index in [4.69, 9.17) is 4.98 Å². The zero-order valence-corrected chi connectivity index (χ0v) is 25.9. The Morgan fingerprint density at radius 3 is 2.64 bits per heavy atom. The van der Waals surface area contributed by atoms with Gasteiger partial charge in [-0.05, 0) is 88.4 Å². The van der Waals surface area contributed by atoms with Crippen molar-refractivity contribution in [1.82, 2.24) is 24.8 Å². The van der Waals surface area contributed by atoms with Crippen LogP contribution < -0.4 is 20.5 Å². The lowest BCUT2D eigenvalue weighted by atomic mass is 9.86. The molecule has 0 aliphatic carbocycles. The fourth-order valence-corrected chi connectivity index (χ4v) is 6.66. The first kappa shape index (κ1) is 30.1. The Kier molecular flexibility index (Phi) is 8.64. The Hall–Kier alpha value is -3.89. The molecule has 44 heavy (non-hydrogen) atoms. The van der Waals surface area contributed by atoms with Crippen molar-refractivity contribution < 1.29 is 9.50 Å². The highest BCUT2D eigenvalue weighted by Crippen LogP contribution is 2.33. The van der Waals surface area contributed by atoms with E-state index < -0.39 is 12.4 Å². The fraction of sp³-hybridized carbons (Fsp3) is 0.471. The summed E-state index contributed by atoms with van der Waals surface area (Å²) in [5.74, 6) is 0.744. The molecule has 2 unspecified atom stereocenters. The van der Waals surface area contributed by atoms with Crippen LogP contribution >= 0.6 is 0 Å². The smallest absolute Gasteiger partial charge is 0.195 e. The summed E-state index contributed by atoms with van der Waals surface area (Å²) in [4.78, 5) is 31.4. The monoisotopic (exact) mass is 599 g/mol. The van der Waals surface area contributed by atoms with E-state index in [-0.39, 0.29) is 30.5 Å². The van der Waals surface area contributed by atoms with Crippen molar-refractivity contribution in [1.29, 1.82) is 0 Å². The van der Waals surface area contributed by atoms with Gasteiger partial charge in [-0.2, -0.15) is 0 Å². The van der Waals surface area contributed by atoms with Crippen LogP contribution in [0.3, 0.4) is 0 Å².